The van der Waals surface area contributed by atoms with Gasteiger partial charge in [0, 0.05) is 23.9 Å². The first kappa shape index (κ1) is 18.6. The van der Waals surface area contributed by atoms with E-state index in [1.165, 1.54) is 0 Å². The number of rotatable bonds is 6. The molecule has 2 aromatic heterocycles. The molecule has 0 saturated heterocycles. The van der Waals surface area contributed by atoms with Crippen molar-refractivity contribution in [3.63, 3.8) is 0 Å². The van der Waals surface area contributed by atoms with Crippen LogP contribution in [0.4, 0.5) is 5.69 Å². The number of carbonyl (C=O) groups excluding carboxylic acids is 1. The van der Waals surface area contributed by atoms with Gasteiger partial charge in [0.2, 0.25) is 11.8 Å². The maximum absolute atomic E-state index is 11.8. The van der Waals surface area contributed by atoms with Crippen LogP contribution in [-0.2, 0) is 4.79 Å². The monoisotopic (exact) mass is 365 g/mol. The van der Waals surface area contributed by atoms with Crippen LogP contribution in [-0.4, -0.2) is 25.7 Å². The summed E-state index contributed by atoms with van der Waals surface area (Å²) in [4.78, 5) is 16.1. The molecular formula is C20H23N5O2. The number of aryl methyl sites for hydroxylation is 1. The number of aromatic nitrogens is 4. The molecular weight excluding hydrogens is 342 g/mol. The van der Waals surface area contributed by atoms with E-state index in [0.29, 0.717) is 29.8 Å². The molecule has 0 aliphatic carbocycles. The van der Waals surface area contributed by atoms with Gasteiger partial charge in [0.25, 0.3) is 0 Å². The summed E-state index contributed by atoms with van der Waals surface area (Å²) in [6.45, 7) is 7.96. The molecule has 7 heteroatoms. The second-order valence-electron chi connectivity index (χ2n) is 6.79. The number of hydrogen-bond acceptors (Lipinski definition) is 5. The minimum atomic E-state index is 0.00477. The Morgan fingerprint density at radius 3 is 2.41 bits per heavy atom. The van der Waals surface area contributed by atoms with E-state index < -0.39 is 0 Å². The fourth-order valence-electron chi connectivity index (χ4n) is 2.54. The van der Waals surface area contributed by atoms with Gasteiger partial charge in [-0.25, -0.2) is 4.98 Å². The van der Waals surface area contributed by atoms with Gasteiger partial charge in [-0.1, -0.05) is 13.8 Å². The maximum atomic E-state index is 11.8. The average Bonchev–Trinajstić information content (AvgIpc) is 2.96. The number of anilines is 1. The smallest absolute Gasteiger partial charge is 0.238 e. The summed E-state index contributed by atoms with van der Waals surface area (Å²) in [5.41, 5.74) is 2.71. The number of imidazole rings is 1. The topological polar surface area (TPSA) is 81.9 Å². The SMILES string of the molecule is Cc1ncn(-c2ccc(Oc3ccc(NC(=O)CC(C)C)cc3)nn2)c1C. The molecule has 1 amide bonds. The zero-order valence-electron chi connectivity index (χ0n) is 15.9. The van der Waals surface area contributed by atoms with Crippen molar-refractivity contribution in [2.24, 2.45) is 5.92 Å². The number of amides is 1. The van der Waals surface area contributed by atoms with Crippen molar-refractivity contribution >= 4 is 11.6 Å². The molecule has 0 spiro atoms. The van der Waals surface area contributed by atoms with Gasteiger partial charge in [0.05, 0.1) is 5.69 Å². The summed E-state index contributed by atoms with van der Waals surface area (Å²) in [6.07, 6.45) is 2.22. The van der Waals surface area contributed by atoms with Crippen LogP contribution >= 0.6 is 0 Å². The van der Waals surface area contributed by atoms with Crippen LogP contribution in [0.15, 0.2) is 42.7 Å². The van der Waals surface area contributed by atoms with Crippen LogP contribution in [0, 0.1) is 19.8 Å². The highest BCUT2D eigenvalue weighted by molar-refractivity contribution is 5.90. The second kappa shape index (κ2) is 7.99. The summed E-state index contributed by atoms with van der Waals surface area (Å²) < 4.78 is 7.59. The first-order chi connectivity index (χ1) is 12.9. The third-order valence-electron chi connectivity index (χ3n) is 4.08. The Morgan fingerprint density at radius 1 is 1.11 bits per heavy atom. The minimum absolute atomic E-state index is 0.00477. The average molecular weight is 365 g/mol. The van der Waals surface area contributed by atoms with E-state index in [1.54, 1.807) is 36.7 Å². The molecule has 1 N–H and O–H groups in total. The first-order valence-electron chi connectivity index (χ1n) is 8.85. The van der Waals surface area contributed by atoms with Gasteiger partial charge in [0.1, 0.15) is 12.1 Å². The van der Waals surface area contributed by atoms with E-state index in [2.05, 4.69) is 20.5 Å². The highest BCUT2D eigenvalue weighted by atomic mass is 16.5. The molecule has 0 saturated carbocycles. The van der Waals surface area contributed by atoms with Crippen LogP contribution < -0.4 is 10.1 Å². The number of carbonyl (C=O) groups is 1. The fraction of sp³-hybridized carbons (Fsp3) is 0.300. The van der Waals surface area contributed by atoms with Gasteiger partial charge in [-0.2, -0.15) is 0 Å². The van der Waals surface area contributed by atoms with Gasteiger partial charge in [0.15, 0.2) is 5.82 Å². The summed E-state index contributed by atoms with van der Waals surface area (Å²) in [7, 11) is 0. The van der Waals surface area contributed by atoms with Crippen molar-refractivity contribution in [1.29, 1.82) is 0 Å². The lowest BCUT2D eigenvalue weighted by molar-refractivity contribution is -0.116. The minimum Gasteiger partial charge on any atom is -0.438 e. The Labute approximate surface area is 158 Å². The van der Waals surface area contributed by atoms with Crippen molar-refractivity contribution in [3.05, 3.63) is 54.1 Å². The van der Waals surface area contributed by atoms with Gasteiger partial charge < -0.3 is 10.1 Å². The molecule has 140 valence electrons. The highest BCUT2D eigenvalue weighted by Crippen LogP contribution is 2.22. The van der Waals surface area contributed by atoms with E-state index in [4.69, 9.17) is 4.74 Å². The molecule has 1 aromatic carbocycles. The van der Waals surface area contributed by atoms with E-state index in [0.717, 1.165) is 17.1 Å². The Bertz CT molecular complexity index is 915. The van der Waals surface area contributed by atoms with Crippen LogP contribution in [0.3, 0.4) is 0 Å². The van der Waals surface area contributed by atoms with E-state index in [-0.39, 0.29) is 5.91 Å². The van der Waals surface area contributed by atoms with Crippen LogP contribution in [0.1, 0.15) is 31.7 Å². The number of hydrogen-bond donors (Lipinski definition) is 1. The van der Waals surface area contributed by atoms with E-state index in [9.17, 15) is 4.79 Å². The molecule has 0 fully saturated rings. The van der Waals surface area contributed by atoms with Crippen molar-refractivity contribution in [2.45, 2.75) is 34.1 Å². The molecule has 0 aliphatic heterocycles. The van der Waals surface area contributed by atoms with Crippen LogP contribution in [0.25, 0.3) is 5.82 Å². The van der Waals surface area contributed by atoms with E-state index in [1.807, 2.05) is 38.3 Å². The van der Waals surface area contributed by atoms with Gasteiger partial charge in [-0.3, -0.25) is 9.36 Å². The summed E-state index contributed by atoms with van der Waals surface area (Å²) in [5, 5.41) is 11.2. The molecule has 0 bridgehead atoms. The molecule has 0 unspecified atom stereocenters. The fourth-order valence-corrected chi connectivity index (χ4v) is 2.54. The molecule has 0 radical (unpaired) electrons. The zero-order chi connectivity index (χ0) is 19.4. The third kappa shape index (κ3) is 4.69. The van der Waals surface area contributed by atoms with Crippen molar-refractivity contribution < 1.29 is 9.53 Å². The highest BCUT2D eigenvalue weighted by Gasteiger charge is 2.08. The molecule has 7 nitrogen and oxygen atoms in total. The lowest BCUT2D eigenvalue weighted by Gasteiger charge is -2.09. The molecule has 27 heavy (non-hydrogen) atoms. The van der Waals surface area contributed by atoms with Gasteiger partial charge in [-0.15, -0.1) is 10.2 Å². The Balaban J connectivity index is 1.63. The quantitative estimate of drug-likeness (QED) is 0.712. The molecule has 2 heterocycles. The Hall–Kier alpha value is -3.22. The van der Waals surface area contributed by atoms with Gasteiger partial charge in [-0.05, 0) is 50.1 Å². The van der Waals surface area contributed by atoms with Crippen molar-refractivity contribution in [3.8, 4) is 17.4 Å². The lowest BCUT2D eigenvalue weighted by atomic mass is 10.1. The first-order valence-corrected chi connectivity index (χ1v) is 8.85. The van der Waals surface area contributed by atoms with Crippen LogP contribution in [0.5, 0.6) is 11.6 Å². The zero-order valence-corrected chi connectivity index (χ0v) is 15.9. The summed E-state index contributed by atoms with van der Waals surface area (Å²) in [6, 6.07) is 10.8. The standard InChI is InChI=1S/C20H23N5O2/c1-13(2)11-19(26)22-16-5-7-17(8-6-16)27-20-10-9-18(23-24-20)25-12-21-14(3)15(25)4/h5-10,12-13H,11H2,1-4H3,(H,22,26). The molecule has 0 atom stereocenters. The van der Waals surface area contributed by atoms with Crippen molar-refractivity contribution in [1.82, 2.24) is 19.7 Å². The number of nitrogens with one attached hydrogen (secondary N) is 1. The lowest BCUT2D eigenvalue weighted by Crippen LogP contribution is -2.13. The molecule has 0 aliphatic rings. The predicted octanol–water partition coefficient (Wildman–Crippen LogP) is 4.06. The number of nitrogens with zero attached hydrogens (tertiary/aromatic N) is 4. The predicted molar refractivity (Wildman–Crippen MR) is 103 cm³/mol. The largest absolute Gasteiger partial charge is 0.438 e. The van der Waals surface area contributed by atoms with E-state index >= 15 is 0 Å². The molecule has 3 rings (SSSR count). The molecule has 3 aromatic rings. The second-order valence-corrected chi connectivity index (χ2v) is 6.79. The summed E-state index contributed by atoms with van der Waals surface area (Å²) >= 11 is 0. The number of benzene rings is 1. The maximum Gasteiger partial charge on any atom is 0.238 e. The normalized spacial score (nSPS) is 10.9. The summed E-state index contributed by atoms with van der Waals surface area (Å²) in [5.74, 6) is 2.02. The Kier molecular flexibility index (Phi) is 5.49. The van der Waals surface area contributed by atoms with Crippen LogP contribution in [0.2, 0.25) is 0 Å². The third-order valence-corrected chi connectivity index (χ3v) is 4.08. The Morgan fingerprint density at radius 2 is 1.85 bits per heavy atom. The van der Waals surface area contributed by atoms with Gasteiger partial charge >= 0.3 is 0 Å². The van der Waals surface area contributed by atoms with Crippen molar-refractivity contribution in [2.75, 3.05) is 5.32 Å². The number of ether oxygens (including phenoxy) is 1.